The van der Waals surface area contributed by atoms with E-state index >= 15 is 0 Å². The highest BCUT2D eigenvalue weighted by Gasteiger charge is 2.25. The number of nitrogens with one attached hydrogen (secondary N) is 2. The highest BCUT2D eigenvalue weighted by atomic mass is 16.3. The van der Waals surface area contributed by atoms with Crippen molar-refractivity contribution in [1.82, 2.24) is 10.6 Å². The van der Waals surface area contributed by atoms with E-state index in [0.717, 1.165) is 0 Å². The molecular formula is C31H34N2O6. The SMILES string of the molecule is O=C(/C=C/C=C/C=C/C1CCCCC1)NC1=C[C@@](O)(/C=C/C=C/C=C/C(=O)NC2=C(O)CCC2=O)C=CC1=O. The quantitative estimate of drug-likeness (QED) is 0.249. The lowest BCUT2D eigenvalue weighted by atomic mass is 9.89. The molecular weight excluding hydrogens is 496 g/mol. The molecule has 0 saturated heterocycles. The number of rotatable bonds is 10. The second-order valence-corrected chi connectivity index (χ2v) is 9.50. The first-order valence-electron chi connectivity index (χ1n) is 13.1. The molecule has 8 heteroatoms. The Balaban J connectivity index is 1.47. The van der Waals surface area contributed by atoms with E-state index in [0.29, 0.717) is 5.92 Å². The molecule has 3 aliphatic carbocycles. The molecule has 3 aliphatic rings. The van der Waals surface area contributed by atoms with Gasteiger partial charge in [-0.1, -0.05) is 73.9 Å². The number of carbonyl (C=O) groups is 4. The first-order chi connectivity index (χ1) is 18.8. The van der Waals surface area contributed by atoms with Crippen molar-refractivity contribution in [3.05, 3.63) is 108 Å². The van der Waals surface area contributed by atoms with Gasteiger partial charge in [-0.25, -0.2) is 0 Å². The fraction of sp³-hybridized carbons (Fsp3) is 0.290. The second-order valence-electron chi connectivity index (χ2n) is 9.50. The van der Waals surface area contributed by atoms with E-state index in [2.05, 4.69) is 16.7 Å². The van der Waals surface area contributed by atoms with E-state index in [1.54, 1.807) is 18.2 Å². The molecule has 0 aromatic heterocycles. The van der Waals surface area contributed by atoms with Gasteiger partial charge in [0, 0.05) is 25.0 Å². The van der Waals surface area contributed by atoms with Crippen LogP contribution in [0, 0.1) is 5.92 Å². The number of hydrogen-bond acceptors (Lipinski definition) is 6. The summed E-state index contributed by atoms with van der Waals surface area (Å²) in [6, 6.07) is 0. The maximum Gasteiger partial charge on any atom is 0.248 e. The van der Waals surface area contributed by atoms with E-state index in [-0.39, 0.29) is 35.8 Å². The van der Waals surface area contributed by atoms with Crippen LogP contribution in [0.25, 0.3) is 0 Å². The van der Waals surface area contributed by atoms with Gasteiger partial charge in [-0.2, -0.15) is 0 Å². The first kappa shape index (κ1) is 29.3. The number of allylic oxidation sites excluding steroid dienone is 12. The summed E-state index contributed by atoms with van der Waals surface area (Å²) in [5.74, 6) is -1.30. The van der Waals surface area contributed by atoms with Crippen molar-refractivity contribution in [2.75, 3.05) is 0 Å². The molecule has 2 amide bonds. The number of aliphatic hydroxyl groups is 2. The minimum absolute atomic E-state index is 0.0416. The lowest BCUT2D eigenvalue weighted by Crippen LogP contribution is -2.32. The highest BCUT2D eigenvalue weighted by Crippen LogP contribution is 2.24. The fourth-order valence-corrected chi connectivity index (χ4v) is 4.27. The van der Waals surface area contributed by atoms with Crippen LogP contribution in [0.1, 0.15) is 44.9 Å². The second kappa shape index (κ2) is 14.6. The molecule has 0 radical (unpaired) electrons. The fourth-order valence-electron chi connectivity index (χ4n) is 4.27. The summed E-state index contributed by atoms with van der Waals surface area (Å²) >= 11 is 0. The monoisotopic (exact) mass is 530 g/mol. The zero-order valence-electron chi connectivity index (χ0n) is 21.7. The maximum atomic E-state index is 12.2. The van der Waals surface area contributed by atoms with Crippen molar-refractivity contribution in [2.24, 2.45) is 5.92 Å². The standard InChI is InChI=1S/C31H34N2O6/c34-25-19-21-31(39,20-11-4-3-10-16-29(38)33-30-26(35)17-18-27(30)36)22-24(25)32-28(37)15-9-2-1-6-12-23-13-7-5-8-14-23/h1-4,6,9-12,15-16,19-23,35,39H,5,7-8,13-14,17-18H2,(H,32,37)(H,33,38)/b2-1+,4-3+,12-6+,15-9+,16-10+,20-11+/t31-/m1/s1. The highest BCUT2D eigenvalue weighted by molar-refractivity contribution is 6.08. The van der Waals surface area contributed by atoms with Gasteiger partial charge in [-0.15, -0.1) is 0 Å². The topological polar surface area (TPSA) is 133 Å². The van der Waals surface area contributed by atoms with E-state index in [4.69, 9.17) is 0 Å². The Kier molecular flexibility index (Phi) is 10.9. The van der Waals surface area contributed by atoms with Crippen molar-refractivity contribution in [3.8, 4) is 0 Å². The van der Waals surface area contributed by atoms with E-state index < -0.39 is 23.2 Å². The zero-order valence-corrected chi connectivity index (χ0v) is 21.7. The Morgan fingerprint density at radius 2 is 1.49 bits per heavy atom. The van der Waals surface area contributed by atoms with Crippen molar-refractivity contribution in [3.63, 3.8) is 0 Å². The molecule has 0 bridgehead atoms. The minimum atomic E-state index is -1.59. The molecule has 4 N–H and O–H groups in total. The summed E-state index contributed by atoms with van der Waals surface area (Å²) in [5, 5.41) is 25.2. The molecule has 1 saturated carbocycles. The lowest BCUT2D eigenvalue weighted by molar-refractivity contribution is -0.119. The Bertz CT molecular complexity index is 1240. The third kappa shape index (κ3) is 9.83. The number of amides is 2. The van der Waals surface area contributed by atoms with Crippen molar-refractivity contribution in [2.45, 2.75) is 50.5 Å². The van der Waals surface area contributed by atoms with Crippen LogP contribution in [-0.2, 0) is 19.2 Å². The normalized spacial score (nSPS) is 23.1. The van der Waals surface area contributed by atoms with Gasteiger partial charge in [0.1, 0.15) is 17.1 Å². The summed E-state index contributed by atoms with van der Waals surface area (Å²) in [6.07, 6.45) is 29.7. The Morgan fingerprint density at radius 3 is 2.15 bits per heavy atom. The predicted molar refractivity (Wildman–Crippen MR) is 149 cm³/mol. The van der Waals surface area contributed by atoms with Gasteiger partial charge in [0.15, 0.2) is 5.78 Å². The van der Waals surface area contributed by atoms with Gasteiger partial charge in [-0.05, 0) is 43.1 Å². The predicted octanol–water partition coefficient (Wildman–Crippen LogP) is 4.02. The van der Waals surface area contributed by atoms with Crippen molar-refractivity contribution < 1.29 is 29.4 Å². The van der Waals surface area contributed by atoms with Crippen LogP contribution in [0.15, 0.2) is 108 Å². The van der Waals surface area contributed by atoms with Gasteiger partial charge >= 0.3 is 0 Å². The summed E-state index contributed by atoms with van der Waals surface area (Å²) in [4.78, 5) is 47.8. The van der Waals surface area contributed by atoms with Crippen LogP contribution >= 0.6 is 0 Å². The molecule has 204 valence electrons. The van der Waals surface area contributed by atoms with Crippen LogP contribution in [0.3, 0.4) is 0 Å². The molecule has 39 heavy (non-hydrogen) atoms. The first-order valence-corrected chi connectivity index (χ1v) is 13.1. The lowest BCUT2D eigenvalue weighted by Gasteiger charge is -2.21. The molecule has 0 aromatic carbocycles. The summed E-state index contributed by atoms with van der Waals surface area (Å²) < 4.78 is 0. The number of carbonyl (C=O) groups excluding carboxylic acids is 4. The van der Waals surface area contributed by atoms with Crippen LogP contribution in [0.5, 0.6) is 0 Å². The average Bonchev–Trinajstić information content (AvgIpc) is 3.23. The summed E-state index contributed by atoms with van der Waals surface area (Å²) in [7, 11) is 0. The molecule has 0 aliphatic heterocycles. The number of Topliss-reactive ketones (excluding diaryl/α,β-unsaturated/α-hetero) is 1. The largest absolute Gasteiger partial charge is 0.510 e. The Hall–Kier alpha value is -4.30. The molecule has 0 aromatic rings. The smallest absolute Gasteiger partial charge is 0.248 e. The molecule has 1 atom stereocenters. The van der Waals surface area contributed by atoms with Gasteiger partial charge in [-0.3, -0.25) is 19.2 Å². The average molecular weight is 531 g/mol. The third-order valence-electron chi connectivity index (χ3n) is 6.36. The zero-order chi connectivity index (χ0) is 28.1. The summed E-state index contributed by atoms with van der Waals surface area (Å²) in [5.41, 5.74) is -1.71. The van der Waals surface area contributed by atoms with E-state index in [1.165, 1.54) is 86.8 Å². The van der Waals surface area contributed by atoms with Crippen LogP contribution < -0.4 is 10.6 Å². The van der Waals surface area contributed by atoms with Crippen LogP contribution in [-0.4, -0.2) is 39.2 Å². The minimum Gasteiger partial charge on any atom is -0.510 e. The molecule has 1 fully saturated rings. The van der Waals surface area contributed by atoms with Gasteiger partial charge in [0.2, 0.25) is 17.6 Å². The van der Waals surface area contributed by atoms with Gasteiger partial charge < -0.3 is 20.8 Å². The van der Waals surface area contributed by atoms with Crippen LogP contribution in [0.4, 0.5) is 0 Å². The number of hydrogen-bond donors (Lipinski definition) is 4. The van der Waals surface area contributed by atoms with Gasteiger partial charge in [0.05, 0.1) is 5.70 Å². The third-order valence-corrected chi connectivity index (χ3v) is 6.36. The Morgan fingerprint density at radius 1 is 0.846 bits per heavy atom. The number of ketones is 2. The van der Waals surface area contributed by atoms with Crippen molar-refractivity contribution >= 4 is 23.4 Å². The van der Waals surface area contributed by atoms with Crippen LogP contribution in [0.2, 0.25) is 0 Å². The van der Waals surface area contributed by atoms with Gasteiger partial charge in [0.25, 0.3) is 0 Å². The van der Waals surface area contributed by atoms with Crippen molar-refractivity contribution in [1.29, 1.82) is 0 Å². The molecule has 8 nitrogen and oxygen atoms in total. The molecule has 0 spiro atoms. The molecule has 3 rings (SSSR count). The van der Waals surface area contributed by atoms with E-state index in [9.17, 15) is 29.4 Å². The molecule has 0 heterocycles. The Labute approximate surface area is 228 Å². The molecule has 0 unspecified atom stereocenters. The maximum absolute atomic E-state index is 12.2. The van der Waals surface area contributed by atoms with E-state index in [1.807, 2.05) is 12.2 Å². The number of aliphatic hydroxyl groups excluding tert-OH is 1. The summed E-state index contributed by atoms with van der Waals surface area (Å²) in [6.45, 7) is 0.